The summed E-state index contributed by atoms with van der Waals surface area (Å²) in [6, 6.07) is 24.1. The average molecular weight is 350 g/mol. The maximum Gasteiger partial charge on any atom is 0.127 e. The van der Waals surface area contributed by atoms with Gasteiger partial charge in [0.25, 0.3) is 0 Å². The Morgan fingerprint density at radius 1 is 0.769 bits per heavy atom. The number of hydrogen-bond donors (Lipinski definition) is 0. The molecular weight excluding hydrogens is 327 g/mol. The highest BCUT2D eigenvalue weighted by molar-refractivity contribution is 5.33. The van der Waals surface area contributed by atoms with Crippen LogP contribution >= 0.6 is 0 Å². The molecule has 3 heteroatoms. The Bertz CT molecular complexity index is 809. The second-order valence-electron chi connectivity index (χ2n) is 6.94. The second kappa shape index (κ2) is 8.15. The summed E-state index contributed by atoms with van der Waals surface area (Å²) >= 11 is 0. The van der Waals surface area contributed by atoms with Crippen LogP contribution in [0.2, 0.25) is 0 Å². The van der Waals surface area contributed by atoms with E-state index in [1.165, 1.54) is 17.7 Å². The standard InChI is InChI=1S/C23H23FO2/c1-23(2,19-6-4-3-5-7-19)17-25-16-18-8-12-21(13-9-18)26-22-14-10-20(24)11-15-22/h3-15H,16-17H2,1-2H3. The van der Waals surface area contributed by atoms with Crippen LogP contribution in [-0.4, -0.2) is 6.61 Å². The summed E-state index contributed by atoms with van der Waals surface area (Å²) in [6.45, 7) is 5.56. The first-order chi connectivity index (χ1) is 12.5. The van der Waals surface area contributed by atoms with Crippen LogP contribution < -0.4 is 4.74 Å². The summed E-state index contributed by atoms with van der Waals surface area (Å²) in [5.41, 5.74) is 2.32. The lowest BCUT2D eigenvalue weighted by Gasteiger charge is -2.25. The molecule has 0 aliphatic rings. The zero-order chi connectivity index (χ0) is 18.4. The van der Waals surface area contributed by atoms with Crippen LogP contribution in [0, 0.1) is 5.82 Å². The van der Waals surface area contributed by atoms with E-state index in [-0.39, 0.29) is 11.2 Å². The van der Waals surface area contributed by atoms with Gasteiger partial charge in [-0.1, -0.05) is 56.3 Å². The molecule has 0 bridgehead atoms. The molecule has 3 aromatic carbocycles. The highest BCUT2D eigenvalue weighted by atomic mass is 19.1. The second-order valence-corrected chi connectivity index (χ2v) is 6.94. The predicted molar refractivity (Wildman–Crippen MR) is 102 cm³/mol. The molecule has 0 saturated carbocycles. The van der Waals surface area contributed by atoms with Crippen LogP contribution in [0.15, 0.2) is 78.9 Å². The van der Waals surface area contributed by atoms with E-state index in [0.717, 1.165) is 5.56 Å². The number of rotatable bonds is 7. The molecule has 0 aliphatic carbocycles. The minimum absolute atomic E-state index is 0.0348. The number of benzene rings is 3. The maximum atomic E-state index is 12.9. The van der Waals surface area contributed by atoms with Gasteiger partial charge in [-0.15, -0.1) is 0 Å². The van der Waals surface area contributed by atoms with Crippen LogP contribution in [0.5, 0.6) is 11.5 Å². The minimum Gasteiger partial charge on any atom is -0.457 e. The van der Waals surface area contributed by atoms with E-state index in [1.54, 1.807) is 12.1 Å². The summed E-state index contributed by atoms with van der Waals surface area (Å²) in [4.78, 5) is 0. The Morgan fingerprint density at radius 2 is 1.35 bits per heavy atom. The van der Waals surface area contributed by atoms with Crippen LogP contribution in [0.25, 0.3) is 0 Å². The maximum absolute atomic E-state index is 12.9. The van der Waals surface area contributed by atoms with E-state index < -0.39 is 0 Å². The molecule has 26 heavy (non-hydrogen) atoms. The van der Waals surface area contributed by atoms with Crippen molar-refractivity contribution in [1.82, 2.24) is 0 Å². The Labute approximate surface area is 154 Å². The third kappa shape index (κ3) is 4.93. The van der Waals surface area contributed by atoms with E-state index in [4.69, 9.17) is 9.47 Å². The van der Waals surface area contributed by atoms with Gasteiger partial charge in [0, 0.05) is 5.41 Å². The lowest BCUT2D eigenvalue weighted by atomic mass is 9.86. The fourth-order valence-electron chi connectivity index (χ4n) is 2.69. The van der Waals surface area contributed by atoms with Gasteiger partial charge in [0.1, 0.15) is 17.3 Å². The van der Waals surface area contributed by atoms with E-state index in [2.05, 4.69) is 38.1 Å². The zero-order valence-corrected chi connectivity index (χ0v) is 15.1. The van der Waals surface area contributed by atoms with Crippen molar-refractivity contribution < 1.29 is 13.9 Å². The van der Waals surface area contributed by atoms with Gasteiger partial charge in [0.05, 0.1) is 13.2 Å². The largest absolute Gasteiger partial charge is 0.457 e. The van der Waals surface area contributed by atoms with Crippen LogP contribution in [0.4, 0.5) is 4.39 Å². The third-order valence-electron chi connectivity index (χ3n) is 4.26. The van der Waals surface area contributed by atoms with Crippen molar-refractivity contribution in [2.75, 3.05) is 6.61 Å². The lowest BCUT2D eigenvalue weighted by molar-refractivity contribution is 0.0825. The van der Waals surface area contributed by atoms with Gasteiger partial charge in [-0.05, 0) is 47.5 Å². The van der Waals surface area contributed by atoms with E-state index in [0.29, 0.717) is 24.7 Å². The first kappa shape index (κ1) is 18.2. The Balaban J connectivity index is 1.52. The lowest BCUT2D eigenvalue weighted by Crippen LogP contribution is -2.24. The van der Waals surface area contributed by atoms with Crippen LogP contribution in [0.3, 0.4) is 0 Å². The molecule has 0 N–H and O–H groups in total. The molecule has 0 radical (unpaired) electrons. The number of halogens is 1. The molecule has 0 saturated heterocycles. The first-order valence-corrected chi connectivity index (χ1v) is 8.69. The molecule has 0 spiro atoms. The molecule has 0 amide bonds. The van der Waals surface area contributed by atoms with Crippen molar-refractivity contribution in [3.63, 3.8) is 0 Å². The highest BCUT2D eigenvalue weighted by Crippen LogP contribution is 2.25. The molecule has 2 nitrogen and oxygen atoms in total. The molecule has 3 rings (SSSR count). The summed E-state index contributed by atoms with van der Waals surface area (Å²) in [5, 5.41) is 0. The average Bonchev–Trinajstić information content (AvgIpc) is 2.66. The molecule has 0 fully saturated rings. The quantitative estimate of drug-likeness (QED) is 0.511. The van der Waals surface area contributed by atoms with Crippen molar-refractivity contribution >= 4 is 0 Å². The van der Waals surface area contributed by atoms with Crippen molar-refractivity contribution in [1.29, 1.82) is 0 Å². The molecule has 0 unspecified atom stereocenters. The third-order valence-corrected chi connectivity index (χ3v) is 4.26. The van der Waals surface area contributed by atoms with Gasteiger partial charge in [-0.2, -0.15) is 0 Å². The van der Waals surface area contributed by atoms with Crippen LogP contribution in [-0.2, 0) is 16.8 Å². The fraction of sp³-hybridized carbons (Fsp3) is 0.217. The van der Waals surface area contributed by atoms with Gasteiger partial charge < -0.3 is 9.47 Å². The normalized spacial score (nSPS) is 11.3. The van der Waals surface area contributed by atoms with Crippen molar-refractivity contribution in [2.45, 2.75) is 25.9 Å². The van der Waals surface area contributed by atoms with Gasteiger partial charge >= 0.3 is 0 Å². The number of ether oxygens (including phenoxy) is 2. The van der Waals surface area contributed by atoms with E-state index in [9.17, 15) is 4.39 Å². The molecule has 134 valence electrons. The minimum atomic E-state index is -0.275. The molecule has 0 heterocycles. The summed E-state index contributed by atoms with van der Waals surface area (Å²) in [7, 11) is 0. The van der Waals surface area contributed by atoms with Crippen molar-refractivity contribution in [3.05, 3.63) is 95.8 Å². The van der Waals surface area contributed by atoms with Gasteiger partial charge in [0.15, 0.2) is 0 Å². The van der Waals surface area contributed by atoms with Crippen molar-refractivity contribution in [3.8, 4) is 11.5 Å². The predicted octanol–water partition coefficient (Wildman–Crippen LogP) is 6.11. The topological polar surface area (TPSA) is 18.5 Å². The number of hydrogen-bond acceptors (Lipinski definition) is 2. The van der Waals surface area contributed by atoms with E-state index in [1.807, 2.05) is 30.3 Å². The molecular formula is C23H23FO2. The molecule has 3 aromatic rings. The molecule has 0 atom stereocenters. The summed E-state index contributed by atoms with van der Waals surface area (Å²) in [5.74, 6) is 1.05. The molecule has 0 aliphatic heterocycles. The monoisotopic (exact) mass is 350 g/mol. The Hall–Kier alpha value is -2.65. The van der Waals surface area contributed by atoms with Gasteiger partial charge in [0.2, 0.25) is 0 Å². The SMILES string of the molecule is CC(C)(COCc1ccc(Oc2ccc(F)cc2)cc1)c1ccccc1. The summed E-state index contributed by atoms with van der Waals surface area (Å²) < 4.78 is 24.5. The van der Waals surface area contributed by atoms with Gasteiger partial charge in [-0.25, -0.2) is 4.39 Å². The van der Waals surface area contributed by atoms with Crippen LogP contribution in [0.1, 0.15) is 25.0 Å². The smallest absolute Gasteiger partial charge is 0.127 e. The summed E-state index contributed by atoms with van der Waals surface area (Å²) in [6.07, 6.45) is 0. The van der Waals surface area contributed by atoms with Crippen molar-refractivity contribution in [2.24, 2.45) is 0 Å². The van der Waals surface area contributed by atoms with Gasteiger partial charge in [-0.3, -0.25) is 0 Å². The first-order valence-electron chi connectivity index (χ1n) is 8.69. The van der Waals surface area contributed by atoms with E-state index >= 15 is 0 Å². The fourth-order valence-corrected chi connectivity index (χ4v) is 2.69. The Morgan fingerprint density at radius 3 is 1.96 bits per heavy atom. The zero-order valence-electron chi connectivity index (χ0n) is 15.1. The molecule has 0 aromatic heterocycles. The highest BCUT2D eigenvalue weighted by Gasteiger charge is 2.20. The Kier molecular flexibility index (Phi) is 5.69.